The van der Waals surface area contributed by atoms with Crippen LogP contribution in [0, 0.1) is 0 Å². The second-order valence-electron chi connectivity index (χ2n) is 11.6. The molecule has 1 unspecified atom stereocenters. The van der Waals surface area contributed by atoms with Crippen LogP contribution in [0.25, 0.3) is 0 Å². The lowest BCUT2D eigenvalue weighted by atomic mass is 9.96. The quantitative estimate of drug-likeness (QED) is 0.192. The topological polar surface area (TPSA) is 110 Å². The van der Waals surface area contributed by atoms with Crippen LogP contribution in [0.15, 0.2) is 47.4 Å². The molecule has 0 bridgehead atoms. The van der Waals surface area contributed by atoms with Gasteiger partial charge in [-0.25, -0.2) is 4.31 Å². The molecular formula is C31H38N6O4S. The van der Waals surface area contributed by atoms with Crippen molar-refractivity contribution in [3.63, 3.8) is 0 Å². The highest BCUT2D eigenvalue weighted by Crippen LogP contribution is 2.36. The number of hydrogen-bond donors (Lipinski definition) is 1. The maximum Gasteiger partial charge on any atom is 0.264 e. The normalized spacial score (nSPS) is 21.8. The molecule has 11 heteroatoms. The molecule has 1 atom stereocenters. The number of rotatable bonds is 10. The zero-order valence-electron chi connectivity index (χ0n) is 23.8. The highest BCUT2D eigenvalue weighted by molar-refractivity contribution is 7.97. The summed E-state index contributed by atoms with van der Waals surface area (Å²) in [4.78, 5) is 58.6. The van der Waals surface area contributed by atoms with Crippen molar-refractivity contribution in [2.24, 2.45) is 0 Å². The highest BCUT2D eigenvalue weighted by atomic mass is 32.2. The summed E-state index contributed by atoms with van der Waals surface area (Å²) >= 11 is 1.82. The largest absolute Gasteiger partial charge is 0.399 e. The van der Waals surface area contributed by atoms with Crippen LogP contribution in [0.3, 0.4) is 0 Å². The summed E-state index contributed by atoms with van der Waals surface area (Å²) in [7, 11) is 0. The zero-order valence-corrected chi connectivity index (χ0v) is 24.6. The van der Waals surface area contributed by atoms with Gasteiger partial charge < -0.3 is 20.2 Å². The van der Waals surface area contributed by atoms with Crippen LogP contribution in [0.4, 0.5) is 11.4 Å². The Hall–Kier alpha value is -3.25. The maximum atomic E-state index is 13.3. The molecule has 0 spiro atoms. The standard InChI is InChI=1S/C31H38N6O4S/c32-22-6-8-26(9-7-22)42-36-16-14-34(15-17-36)23-10-12-33(13-11-23)25-19-35(20-25)28-5-1-4-27-29(28)31(41)37(30(27)40)24(21-39)3-2-18-38/h1,4-9,18,21,23-25H,2-3,10-17,19-20,32H2. The summed E-state index contributed by atoms with van der Waals surface area (Å²) in [6, 6.07) is 13.6. The number of likely N-dealkylation sites (tertiary alicyclic amines) is 1. The van der Waals surface area contributed by atoms with Crippen LogP contribution >= 0.6 is 11.9 Å². The fraction of sp³-hybridized carbons (Fsp3) is 0.484. The lowest BCUT2D eigenvalue weighted by Crippen LogP contribution is -2.62. The van der Waals surface area contributed by atoms with Crippen molar-refractivity contribution in [2.75, 3.05) is 63.0 Å². The summed E-state index contributed by atoms with van der Waals surface area (Å²) in [5.74, 6) is -0.895. The summed E-state index contributed by atoms with van der Waals surface area (Å²) < 4.78 is 2.45. The van der Waals surface area contributed by atoms with Crippen molar-refractivity contribution in [3.05, 3.63) is 53.6 Å². The molecule has 2 aromatic rings. The molecule has 4 aliphatic rings. The van der Waals surface area contributed by atoms with Crippen LogP contribution in [0.1, 0.15) is 46.4 Å². The molecule has 0 aromatic heterocycles. The summed E-state index contributed by atoms with van der Waals surface area (Å²) in [5.41, 5.74) is 8.09. The Balaban J connectivity index is 0.988. The van der Waals surface area contributed by atoms with E-state index in [2.05, 4.69) is 31.1 Å². The lowest BCUT2D eigenvalue weighted by molar-refractivity contribution is -0.112. The van der Waals surface area contributed by atoms with E-state index in [1.165, 1.54) is 4.90 Å². The Kier molecular flexibility index (Phi) is 8.62. The minimum absolute atomic E-state index is 0.119. The molecule has 0 aliphatic carbocycles. The Morgan fingerprint density at radius 1 is 0.857 bits per heavy atom. The number of carbonyl (C=O) groups is 4. The number of amides is 2. The number of nitrogens with two attached hydrogens (primary N) is 1. The van der Waals surface area contributed by atoms with E-state index in [0.717, 1.165) is 81.5 Å². The van der Waals surface area contributed by atoms with Gasteiger partial charge in [0.2, 0.25) is 0 Å². The van der Waals surface area contributed by atoms with Gasteiger partial charge >= 0.3 is 0 Å². The molecule has 4 heterocycles. The molecule has 3 fully saturated rings. The fourth-order valence-electron chi connectivity index (χ4n) is 6.68. The van der Waals surface area contributed by atoms with E-state index in [4.69, 9.17) is 5.73 Å². The van der Waals surface area contributed by atoms with Gasteiger partial charge in [0, 0.05) is 81.4 Å². The number of nitrogen functional groups attached to an aromatic ring is 1. The average molecular weight is 591 g/mol. The third-order valence-corrected chi connectivity index (χ3v) is 10.2. The van der Waals surface area contributed by atoms with Crippen molar-refractivity contribution in [2.45, 2.75) is 48.7 Å². The van der Waals surface area contributed by atoms with E-state index < -0.39 is 17.9 Å². The molecule has 42 heavy (non-hydrogen) atoms. The predicted octanol–water partition coefficient (Wildman–Crippen LogP) is 2.39. The molecule has 2 N–H and O–H groups in total. The zero-order chi connectivity index (χ0) is 29.2. The average Bonchev–Trinajstić information content (AvgIpc) is 3.25. The number of carbonyl (C=O) groups excluding carboxylic acids is 4. The molecule has 2 aromatic carbocycles. The summed E-state index contributed by atoms with van der Waals surface area (Å²) in [6.45, 7) is 8.05. The van der Waals surface area contributed by atoms with Gasteiger partial charge in [0.15, 0.2) is 0 Å². The number of aldehydes is 2. The predicted molar refractivity (Wildman–Crippen MR) is 163 cm³/mol. The third kappa shape index (κ3) is 5.70. The van der Waals surface area contributed by atoms with E-state index in [1.54, 1.807) is 12.1 Å². The third-order valence-electron chi connectivity index (χ3n) is 9.12. The van der Waals surface area contributed by atoms with Crippen LogP contribution in [-0.2, 0) is 9.59 Å². The van der Waals surface area contributed by atoms with Crippen molar-refractivity contribution < 1.29 is 19.2 Å². The number of piperazine rings is 1. The van der Waals surface area contributed by atoms with Gasteiger partial charge in [0.05, 0.1) is 22.9 Å². The summed E-state index contributed by atoms with van der Waals surface area (Å²) in [6.07, 6.45) is 3.89. The Bertz CT molecular complexity index is 1320. The molecule has 10 nitrogen and oxygen atoms in total. The number of piperidine rings is 1. The molecule has 222 valence electrons. The van der Waals surface area contributed by atoms with Gasteiger partial charge in [-0.05, 0) is 67.6 Å². The minimum atomic E-state index is -0.925. The van der Waals surface area contributed by atoms with Crippen LogP contribution in [0.5, 0.6) is 0 Å². The number of fused-ring (bicyclic) bond motifs is 1. The molecule has 6 rings (SSSR count). The Morgan fingerprint density at radius 2 is 1.55 bits per heavy atom. The van der Waals surface area contributed by atoms with Crippen molar-refractivity contribution in [1.29, 1.82) is 0 Å². The van der Waals surface area contributed by atoms with Gasteiger partial charge in [-0.1, -0.05) is 6.07 Å². The molecule has 0 saturated carbocycles. The van der Waals surface area contributed by atoms with Gasteiger partial charge in [-0.2, -0.15) is 0 Å². The van der Waals surface area contributed by atoms with Gasteiger partial charge in [-0.3, -0.25) is 24.3 Å². The monoisotopic (exact) mass is 590 g/mol. The molecule has 3 saturated heterocycles. The van der Waals surface area contributed by atoms with E-state index in [1.807, 2.05) is 30.1 Å². The highest BCUT2D eigenvalue weighted by Gasteiger charge is 2.44. The molecule has 2 amide bonds. The second-order valence-corrected chi connectivity index (χ2v) is 12.7. The number of anilines is 2. The smallest absolute Gasteiger partial charge is 0.264 e. The van der Waals surface area contributed by atoms with E-state index in [-0.39, 0.29) is 12.8 Å². The van der Waals surface area contributed by atoms with Crippen LogP contribution < -0.4 is 10.6 Å². The van der Waals surface area contributed by atoms with Crippen LogP contribution in [-0.4, -0.2) is 114 Å². The minimum Gasteiger partial charge on any atom is -0.399 e. The van der Waals surface area contributed by atoms with Crippen molar-refractivity contribution >= 4 is 47.7 Å². The Labute approximate surface area is 250 Å². The molecular weight excluding hydrogens is 552 g/mol. The first-order valence-electron chi connectivity index (χ1n) is 14.9. The number of imide groups is 1. The van der Waals surface area contributed by atoms with Crippen molar-refractivity contribution in [1.82, 2.24) is 19.0 Å². The van der Waals surface area contributed by atoms with Gasteiger partial charge in [0.25, 0.3) is 11.8 Å². The number of nitrogens with zero attached hydrogens (tertiary/aromatic N) is 5. The first kappa shape index (κ1) is 28.9. The molecule has 0 radical (unpaired) electrons. The van der Waals surface area contributed by atoms with E-state index in [0.29, 0.717) is 35.8 Å². The van der Waals surface area contributed by atoms with Gasteiger partial charge in [0.1, 0.15) is 12.6 Å². The van der Waals surface area contributed by atoms with E-state index >= 15 is 0 Å². The first-order chi connectivity index (χ1) is 20.5. The molecule has 4 aliphatic heterocycles. The Morgan fingerprint density at radius 3 is 2.21 bits per heavy atom. The second kappa shape index (κ2) is 12.5. The first-order valence-corrected chi connectivity index (χ1v) is 15.7. The van der Waals surface area contributed by atoms with E-state index in [9.17, 15) is 19.2 Å². The maximum absolute atomic E-state index is 13.3. The lowest BCUT2D eigenvalue weighted by Gasteiger charge is -2.50. The number of benzene rings is 2. The van der Waals surface area contributed by atoms with Crippen molar-refractivity contribution in [3.8, 4) is 0 Å². The fourth-order valence-corrected chi connectivity index (χ4v) is 7.59. The number of hydrogen-bond acceptors (Lipinski definition) is 10. The van der Waals surface area contributed by atoms with Crippen LogP contribution in [0.2, 0.25) is 0 Å². The summed E-state index contributed by atoms with van der Waals surface area (Å²) in [5, 5.41) is 0. The SMILES string of the molecule is Nc1ccc(SN2CCN(C3CCN(C4CN(c5cccc6c5C(=O)N(C(C=O)CCC=O)C6=O)C4)CC3)CC2)cc1. The van der Waals surface area contributed by atoms with Gasteiger partial charge in [-0.15, -0.1) is 0 Å².